The van der Waals surface area contributed by atoms with Gasteiger partial charge < -0.3 is 15.1 Å². The van der Waals surface area contributed by atoms with Gasteiger partial charge in [-0.3, -0.25) is 4.90 Å². The maximum absolute atomic E-state index is 6.15. The van der Waals surface area contributed by atoms with E-state index in [1.165, 1.54) is 25.9 Å². The van der Waals surface area contributed by atoms with Crippen LogP contribution in [0.25, 0.3) is 0 Å². The van der Waals surface area contributed by atoms with Crippen molar-refractivity contribution in [2.45, 2.75) is 38.8 Å². The van der Waals surface area contributed by atoms with E-state index in [0.717, 1.165) is 24.6 Å². The van der Waals surface area contributed by atoms with Crippen LogP contribution in [0, 0.1) is 6.92 Å². The summed E-state index contributed by atoms with van der Waals surface area (Å²) in [5.74, 6) is 1.94. The molecular weight excluding hydrogens is 238 g/mol. The normalized spacial score (nSPS) is 20.1. The Bertz CT molecular complexity index is 382. The summed E-state index contributed by atoms with van der Waals surface area (Å²) < 4.78 is 5.76. The van der Waals surface area contributed by atoms with Crippen LogP contribution in [0.2, 0.25) is 0 Å². The van der Waals surface area contributed by atoms with Gasteiger partial charge in [-0.2, -0.15) is 0 Å². The maximum Gasteiger partial charge on any atom is 0.122 e. The van der Waals surface area contributed by atoms with Crippen molar-refractivity contribution < 1.29 is 4.42 Å². The van der Waals surface area contributed by atoms with Gasteiger partial charge in [0, 0.05) is 19.1 Å². The number of rotatable bonds is 6. The van der Waals surface area contributed by atoms with Crippen molar-refractivity contribution in [2.24, 2.45) is 5.73 Å². The molecule has 4 heteroatoms. The van der Waals surface area contributed by atoms with Crippen LogP contribution in [-0.4, -0.2) is 49.1 Å². The standard InChI is InChI=1S/C15H27N3O/c1-12-6-7-14(19-12)15(13(2)16)17(3)10-11-18-8-4-5-9-18/h6-7,13,15H,4-5,8-11,16H2,1-3H3. The van der Waals surface area contributed by atoms with E-state index in [1.54, 1.807) is 0 Å². The lowest BCUT2D eigenvalue weighted by Crippen LogP contribution is -2.40. The average molecular weight is 265 g/mol. The van der Waals surface area contributed by atoms with Gasteiger partial charge in [-0.1, -0.05) is 0 Å². The zero-order valence-electron chi connectivity index (χ0n) is 12.4. The SMILES string of the molecule is Cc1ccc(C(C(C)N)N(C)CCN2CCCC2)o1. The predicted molar refractivity (Wildman–Crippen MR) is 78.1 cm³/mol. The first-order valence-electron chi connectivity index (χ1n) is 7.32. The van der Waals surface area contributed by atoms with E-state index >= 15 is 0 Å². The number of nitrogens with two attached hydrogens (primary N) is 1. The highest BCUT2D eigenvalue weighted by Crippen LogP contribution is 2.24. The van der Waals surface area contributed by atoms with Gasteiger partial charge in [0.25, 0.3) is 0 Å². The molecule has 1 fully saturated rings. The third-order valence-electron chi connectivity index (χ3n) is 3.99. The van der Waals surface area contributed by atoms with Crippen LogP contribution in [0.3, 0.4) is 0 Å². The third-order valence-corrected chi connectivity index (χ3v) is 3.99. The van der Waals surface area contributed by atoms with Gasteiger partial charge in [-0.25, -0.2) is 0 Å². The molecule has 2 N–H and O–H groups in total. The first-order valence-corrected chi connectivity index (χ1v) is 7.32. The third kappa shape index (κ3) is 3.81. The van der Waals surface area contributed by atoms with Crippen molar-refractivity contribution in [3.63, 3.8) is 0 Å². The van der Waals surface area contributed by atoms with E-state index < -0.39 is 0 Å². The van der Waals surface area contributed by atoms with E-state index in [0.29, 0.717) is 0 Å². The molecule has 0 saturated carbocycles. The molecule has 0 bridgehead atoms. The molecule has 1 aromatic heterocycles. The molecule has 108 valence electrons. The molecule has 0 spiro atoms. The number of hydrogen-bond donors (Lipinski definition) is 1. The summed E-state index contributed by atoms with van der Waals surface area (Å²) in [6, 6.07) is 4.29. The van der Waals surface area contributed by atoms with E-state index in [-0.39, 0.29) is 12.1 Å². The van der Waals surface area contributed by atoms with Crippen molar-refractivity contribution in [1.29, 1.82) is 0 Å². The Morgan fingerprint density at radius 2 is 2.05 bits per heavy atom. The largest absolute Gasteiger partial charge is 0.465 e. The van der Waals surface area contributed by atoms with Gasteiger partial charge in [0.1, 0.15) is 11.5 Å². The molecule has 0 aliphatic carbocycles. The van der Waals surface area contributed by atoms with Crippen LogP contribution in [0.4, 0.5) is 0 Å². The monoisotopic (exact) mass is 265 g/mol. The Morgan fingerprint density at radius 3 is 2.58 bits per heavy atom. The molecule has 2 heterocycles. The van der Waals surface area contributed by atoms with Crippen LogP contribution in [0.1, 0.15) is 37.3 Å². The van der Waals surface area contributed by atoms with E-state index in [4.69, 9.17) is 10.2 Å². The fraction of sp³-hybridized carbons (Fsp3) is 0.733. The Balaban J connectivity index is 1.94. The molecular formula is C15H27N3O. The van der Waals surface area contributed by atoms with E-state index in [2.05, 4.69) is 29.8 Å². The molecule has 1 aliphatic heterocycles. The lowest BCUT2D eigenvalue weighted by Gasteiger charge is -2.30. The van der Waals surface area contributed by atoms with Crippen LogP contribution >= 0.6 is 0 Å². The Kier molecular flexibility index (Phi) is 5.02. The molecule has 0 aromatic carbocycles. The molecule has 2 rings (SSSR count). The Hall–Kier alpha value is -0.840. The molecule has 0 radical (unpaired) electrons. The summed E-state index contributed by atoms with van der Waals surface area (Å²) in [4.78, 5) is 4.85. The Morgan fingerprint density at radius 1 is 1.37 bits per heavy atom. The van der Waals surface area contributed by atoms with Crippen LogP contribution in [-0.2, 0) is 0 Å². The van der Waals surface area contributed by atoms with Gasteiger partial charge in [0.15, 0.2) is 0 Å². The van der Waals surface area contributed by atoms with Crippen LogP contribution < -0.4 is 5.73 Å². The van der Waals surface area contributed by atoms with Gasteiger partial charge >= 0.3 is 0 Å². The zero-order valence-corrected chi connectivity index (χ0v) is 12.4. The number of furan rings is 1. The second-order valence-corrected chi connectivity index (χ2v) is 5.78. The van der Waals surface area contributed by atoms with Crippen molar-refractivity contribution in [3.8, 4) is 0 Å². The molecule has 2 unspecified atom stereocenters. The number of hydrogen-bond acceptors (Lipinski definition) is 4. The maximum atomic E-state index is 6.15. The van der Waals surface area contributed by atoms with E-state index in [1.807, 2.05) is 13.0 Å². The van der Waals surface area contributed by atoms with Crippen molar-refractivity contribution in [3.05, 3.63) is 23.7 Å². The molecule has 1 aliphatic rings. The molecule has 1 aromatic rings. The fourth-order valence-corrected chi connectivity index (χ4v) is 2.93. The summed E-state index contributed by atoms with van der Waals surface area (Å²) >= 11 is 0. The first-order chi connectivity index (χ1) is 9.08. The van der Waals surface area contributed by atoms with Crippen LogP contribution in [0.5, 0.6) is 0 Å². The molecule has 19 heavy (non-hydrogen) atoms. The number of likely N-dealkylation sites (tertiary alicyclic amines) is 1. The number of nitrogens with zero attached hydrogens (tertiary/aromatic N) is 2. The smallest absolute Gasteiger partial charge is 0.122 e. The average Bonchev–Trinajstić information content (AvgIpc) is 2.98. The second kappa shape index (κ2) is 6.55. The highest BCUT2D eigenvalue weighted by Gasteiger charge is 2.24. The fourth-order valence-electron chi connectivity index (χ4n) is 2.93. The highest BCUT2D eigenvalue weighted by molar-refractivity contribution is 5.11. The summed E-state index contributed by atoms with van der Waals surface area (Å²) in [5.41, 5.74) is 6.15. The summed E-state index contributed by atoms with van der Waals surface area (Å²) in [5, 5.41) is 0. The van der Waals surface area contributed by atoms with Gasteiger partial charge in [-0.15, -0.1) is 0 Å². The van der Waals surface area contributed by atoms with Crippen LogP contribution in [0.15, 0.2) is 16.5 Å². The molecule has 1 saturated heterocycles. The Labute approximate surface area is 116 Å². The number of aryl methyl sites for hydroxylation is 1. The molecule has 2 atom stereocenters. The summed E-state index contributed by atoms with van der Waals surface area (Å²) in [6.45, 7) is 8.68. The topological polar surface area (TPSA) is 45.6 Å². The van der Waals surface area contributed by atoms with Crippen molar-refractivity contribution >= 4 is 0 Å². The minimum absolute atomic E-state index is 0.0640. The zero-order chi connectivity index (χ0) is 13.8. The minimum Gasteiger partial charge on any atom is -0.465 e. The second-order valence-electron chi connectivity index (χ2n) is 5.78. The summed E-state index contributed by atoms with van der Waals surface area (Å²) in [6.07, 6.45) is 2.69. The number of likely N-dealkylation sites (N-methyl/N-ethyl adjacent to an activating group) is 1. The quantitative estimate of drug-likeness (QED) is 0.854. The van der Waals surface area contributed by atoms with Gasteiger partial charge in [0.2, 0.25) is 0 Å². The summed E-state index contributed by atoms with van der Waals surface area (Å²) in [7, 11) is 2.14. The van der Waals surface area contributed by atoms with Gasteiger partial charge in [-0.05, 0) is 59.0 Å². The predicted octanol–water partition coefficient (Wildman–Crippen LogP) is 2.00. The first kappa shape index (κ1) is 14.6. The van der Waals surface area contributed by atoms with Gasteiger partial charge in [0.05, 0.1) is 6.04 Å². The lowest BCUT2D eigenvalue weighted by atomic mass is 10.1. The lowest BCUT2D eigenvalue weighted by molar-refractivity contribution is 0.168. The van der Waals surface area contributed by atoms with Crippen molar-refractivity contribution in [2.75, 3.05) is 33.2 Å². The van der Waals surface area contributed by atoms with E-state index in [9.17, 15) is 0 Å². The minimum atomic E-state index is 0.0640. The highest BCUT2D eigenvalue weighted by atomic mass is 16.3. The van der Waals surface area contributed by atoms with Crippen molar-refractivity contribution in [1.82, 2.24) is 9.80 Å². The molecule has 0 amide bonds. The molecule has 4 nitrogen and oxygen atoms in total.